The fourth-order valence-electron chi connectivity index (χ4n) is 2.30. The predicted octanol–water partition coefficient (Wildman–Crippen LogP) is 2.57. The Morgan fingerprint density at radius 1 is 1.27 bits per heavy atom. The molecular weight excluding hydrogens is 276 g/mol. The molecule has 2 rings (SSSR count). The van der Waals surface area contributed by atoms with Gasteiger partial charge in [-0.3, -0.25) is 9.78 Å². The summed E-state index contributed by atoms with van der Waals surface area (Å²) in [7, 11) is 0. The zero-order valence-electron chi connectivity index (χ0n) is 13.1. The van der Waals surface area contributed by atoms with E-state index in [0.717, 1.165) is 22.4 Å². The minimum atomic E-state index is -0.195. The topological polar surface area (TPSA) is 66.4 Å². The average Bonchev–Trinajstić information content (AvgIpc) is 2.47. The van der Waals surface area contributed by atoms with Gasteiger partial charge in [0.2, 0.25) is 0 Å². The summed E-state index contributed by atoms with van der Waals surface area (Å²) in [5.74, 6) is -0.195. The van der Waals surface area contributed by atoms with Gasteiger partial charge in [0.25, 0.3) is 5.91 Å². The van der Waals surface area contributed by atoms with Gasteiger partial charge in [0.1, 0.15) is 0 Å². The van der Waals surface area contributed by atoms with Crippen molar-refractivity contribution in [1.82, 2.24) is 10.4 Å². The van der Waals surface area contributed by atoms with Crippen molar-refractivity contribution in [3.63, 3.8) is 0 Å². The van der Waals surface area contributed by atoms with Gasteiger partial charge >= 0.3 is 0 Å². The number of aromatic nitrogens is 1. The van der Waals surface area contributed by atoms with Crippen LogP contribution in [0.4, 0.5) is 5.69 Å². The van der Waals surface area contributed by atoms with E-state index in [4.69, 9.17) is 0 Å². The van der Waals surface area contributed by atoms with Crippen molar-refractivity contribution in [2.75, 3.05) is 11.9 Å². The minimum absolute atomic E-state index is 0.176. The molecular formula is C17H20N4O. The van der Waals surface area contributed by atoms with E-state index in [2.05, 4.69) is 39.9 Å². The Labute approximate surface area is 130 Å². The maximum Gasteiger partial charge on any atom is 0.259 e. The molecule has 5 nitrogen and oxygen atoms in total. The largest absolute Gasteiger partial charge is 0.376 e. The monoisotopic (exact) mass is 296 g/mol. The van der Waals surface area contributed by atoms with Gasteiger partial charge in [0, 0.05) is 23.6 Å². The first-order chi connectivity index (χ1) is 10.6. The number of amides is 1. The summed E-state index contributed by atoms with van der Waals surface area (Å²) in [5, 5.41) is 7.07. The standard InChI is InChI=1S/C17H20N4O/c1-12-7-13(2)17(14(3)8-12)19-11-16(22)21-20-10-15-5-4-6-18-9-15/h4-10,19H,11H2,1-3H3,(H,21,22)/b20-10-. The molecule has 2 aromatic rings. The maximum absolute atomic E-state index is 11.8. The summed E-state index contributed by atoms with van der Waals surface area (Å²) in [6.07, 6.45) is 4.92. The van der Waals surface area contributed by atoms with Gasteiger partial charge in [-0.1, -0.05) is 23.8 Å². The first-order valence-electron chi connectivity index (χ1n) is 7.10. The van der Waals surface area contributed by atoms with Crippen LogP contribution in [0.2, 0.25) is 0 Å². The molecule has 1 heterocycles. The van der Waals surface area contributed by atoms with Crippen LogP contribution in [0, 0.1) is 20.8 Å². The highest BCUT2D eigenvalue weighted by atomic mass is 16.2. The molecule has 0 saturated carbocycles. The normalized spacial score (nSPS) is 10.7. The fraction of sp³-hybridized carbons (Fsp3) is 0.235. The Balaban J connectivity index is 1.87. The Kier molecular flexibility index (Phi) is 5.25. The number of pyridine rings is 1. The second-order valence-electron chi connectivity index (χ2n) is 5.21. The van der Waals surface area contributed by atoms with E-state index in [1.807, 2.05) is 26.0 Å². The van der Waals surface area contributed by atoms with E-state index in [9.17, 15) is 4.79 Å². The number of hydrogen-bond donors (Lipinski definition) is 2. The molecule has 0 aliphatic heterocycles. The Hall–Kier alpha value is -2.69. The number of anilines is 1. The summed E-state index contributed by atoms with van der Waals surface area (Å²) in [6, 6.07) is 7.86. The molecule has 0 saturated heterocycles. The smallest absolute Gasteiger partial charge is 0.259 e. The van der Waals surface area contributed by atoms with Gasteiger partial charge in [-0.2, -0.15) is 5.10 Å². The highest BCUT2D eigenvalue weighted by Crippen LogP contribution is 2.21. The summed E-state index contributed by atoms with van der Waals surface area (Å²) in [4.78, 5) is 15.8. The number of nitrogens with one attached hydrogen (secondary N) is 2. The van der Waals surface area contributed by atoms with E-state index >= 15 is 0 Å². The van der Waals surface area contributed by atoms with Crippen LogP contribution in [0.25, 0.3) is 0 Å². The number of carbonyl (C=O) groups is 1. The van der Waals surface area contributed by atoms with E-state index in [1.54, 1.807) is 18.6 Å². The molecule has 0 aliphatic carbocycles. The molecule has 0 atom stereocenters. The van der Waals surface area contributed by atoms with Crippen LogP contribution in [0.1, 0.15) is 22.3 Å². The maximum atomic E-state index is 11.8. The predicted molar refractivity (Wildman–Crippen MR) is 89.1 cm³/mol. The fourth-order valence-corrected chi connectivity index (χ4v) is 2.30. The molecule has 114 valence electrons. The zero-order valence-corrected chi connectivity index (χ0v) is 13.1. The third kappa shape index (κ3) is 4.41. The number of nitrogens with zero attached hydrogens (tertiary/aromatic N) is 2. The molecule has 2 N–H and O–H groups in total. The van der Waals surface area contributed by atoms with Crippen LogP contribution in [0.5, 0.6) is 0 Å². The molecule has 1 aromatic carbocycles. The van der Waals surface area contributed by atoms with Gasteiger partial charge in [0.15, 0.2) is 0 Å². The van der Waals surface area contributed by atoms with Crippen LogP contribution in [0.3, 0.4) is 0 Å². The molecule has 0 unspecified atom stereocenters. The van der Waals surface area contributed by atoms with Crippen LogP contribution in [-0.4, -0.2) is 23.7 Å². The van der Waals surface area contributed by atoms with Crippen molar-refractivity contribution in [3.8, 4) is 0 Å². The average molecular weight is 296 g/mol. The Morgan fingerprint density at radius 2 is 2.00 bits per heavy atom. The third-order valence-corrected chi connectivity index (χ3v) is 3.19. The minimum Gasteiger partial charge on any atom is -0.376 e. The second kappa shape index (κ2) is 7.36. The van der Waals surface area contributed by atoms with Crippen LogP contribution in [0.15, 0.2) is 41.8 Å². The number of benzene rings is 1. The van der Waals surface area contributed by atoms with E-state index in [0.29, 0.717) is 0 Å². The van der Waals surface area contributed by atoms with E-state index in [-0.39, 0.29) is 12.5 Å². The lowest BCUT2D eigenvalue weighted by Gasteiger charge is -2.13. The van der Waals surface area contributed by atoms with Crippen molar-refractivity contribution in [3.05, 3.63) is 58.9 Å². The zero-order chi connectivity index (χ0) is 15.9. The number of carbonyl (C=O) groups excluding carboxylic acids is 1. The molecule has 5 heteroatoms. The van der Waals surface area contributed by atoms with Crippen molar-refractivity contribution in [2.45, 2.75) is 20.8 Å². The van der Waals surface area contributed by atoms with Crippen molar-refractivity contribution >= 4 is 17.8 Å². The summed E-state index contributed by atoms with van der Waals surface area (Å²) in [6.45, 7) is 6.29. The Bertz CT molecular complexity index is 657. The lowest BCUT2D eigenvalue weighted by atomic mass is 10.1. The molecule has 22 heavy (non-hydrogen) atoms. The van der Waals surface area contributed by atoms with Gasteiger partial charge in [0.05, 0.1) is 12.8 Å². The number of hydrogen-bond acceptors (Lipinski definition) is 4. The SMILES string of the molecule is Cc1cc(C)c(NCC(=O)N/N=C\c2cccnc2)c(C)c1. The quantitative estimate of drug-likeness (QED) is 0.658. The Morgan fingerprint density at radius 3 is 2.64 bits per heavy atom. The number of hydrazone groups is 1. The van der Waals surface area contributed by atoms with Crippen LogP contribution < -0.4 is 10.7 Å². The highest BCUT2D eigenvalue weighted by molar-refractivity contribution is 5.84. The third-order valence-electron chi connectivity index (χ3n) is 3.19. The lowest BCUT2D eigenvalue weighted by Crippen LogP contribution is -2.26. The summed E-state index contributed by atoms with van der Waals surface area (Å²) >= 11 is 0. The molecule has 0 radical (unpaired) electrons. The first kappa shape index (κ1) is 15.7. The van der Waals surface area contributed by atoms with Gasteiger partial charge in [-0.25, -0.2) is 5.43 Å². The van der Waals surface area contributed by atoms with Crippen molar-refractivity contribution in [2.24, 2.45) is 5.10 Å². The summed E-state index contributed by atoms with van der Waals surface area (Å²) < 4.78 is 0. The first-order valence-corrected chi connectivity index (χ1v) is 7.10. The second-order valence-corrected chi connectivity index (χ2v) is 5.21. The number of rotatable bonds is 5. The van der Waals surface area contributed by atoms with Gasteiger partial charge in [-0.15, -0.1) is 0 Å². The highest BCUT2D eigenvalue weighted by Gasteiger charge is 2.05. The van der Waals surface area contributed by atoms with Gasteiger partial charge in [-0.05, 0) is 38.0 Å². The van der Waals surface area contributed by atoms with Crippen LogP contribution in [-0.2, 0) is 4.79 Å². The number of aryl methyl sites for hydroxylation is 3. The van der Waals surface area contributed by atoms with E-state index < -0.39 is 0 Å². The molecule has 1 amide bonds. The van der Waals surface area contributed by atoms with Crippen molar-refractivity contribution < 1.29 is 4.79 Å². The van der Waals surface area contributed by atoms with Crippen molar-refractivity contribution in [1.29, 1.82) is 0 Å². The molecule has 0 spiro atoms. The molecule has 0 fully saturated rings. The van der Waals surface area contributed by atoms with Crippen LogP contribution >= 0.6 is 0 Å². The molecule has 0 bridgehead atoms. The van der Waals surface area contributed by atoms with E-state index in [1.165, 1.54) is 5.56 Å². The summed E-state index contributed by atoms with van der Waals surface area (Å²) in [5.41, 5.74) is 7.80. The molecule has 1 aromatic heterocycles. The molecule has 0 aliphatic rings. The van der Waals surface area contributed by atoms with Gasteiger partial charge < -0.3 is 5.32 Å². The lowest BCUT2D eigenvalue weighted by molar-refractivity contribution is -0.119.